The number of thioether (sulfide) groups is 1. The van der Waals surface area contributed by atoms with Gasteiger partial charge in [-0.15, -0.1) is 11.8 Å². The number of rotatable bonds is 7. The highest BCUT2D eigenvalue weighted by Gasteiger charge is 2.21. The molecule has 2 aromatic carbocycles. The predicted octanol–water partition coefficient (Wildman–Crippen LogP) is 4.71. The molecule has 0 unspecified atom stereocenters. The summed E-state index contributed by atoms with van der Waals surface area (Å²) in [5.74, 6) is -0.235. The topological polar surface area (TPSA) is 84.6 Å². The summed E-state index contributed by atoms with van der Waals surface area (Å²) in [6.07, 6.45) is 7.53. The summed E-state index contributed by atoms with van der Waals surface area (Å²) in [6.45, 7) is 0. The van der Waals surface area contributed by atoms with Crippen LogP contribution in [-0.4, -0.2) is 22.3 Å². The number of nitrogens with one attached hydrogen (secondary N) is 1. The van der Waals surface area contributed by atoms with Crippen LogP contribution < -0.4 is 5.43 Å². The second-order valence-electron chi connectivity index (χ2n) is 6.82. The molecule has 1 N–H and O–H groups in total. The average molecular weight is 398 g/mol. The van der Waals surface area contributed by atoms with Crippen LogP contribution in [0.2, 0.25) is 0 Å². The van der Waals surface area contributed by atoms with E-state index < -0.39 is 0 Å². The third kappa shape index (κ3) is 5.92. The van der Waals surface area contributed by atoms with Crippen molar-refractivity contribution < 1.29 is 9.72 Å². The SMILES string of the molecule is O=C(Cc1ccccc1)NN=Cc1ccc(SC2CCCCC2)c([N+](=O)[O-])c1. The molecular weight excluding hydrogens is 374 g/mol. The van der Waals surface area contributed by atoms with E-state index in [1.807, 2.05) is 30.3 Å². The largest absolute Gasteiger partial charge is 0.283 e. The minimum atomic E-state index is -0.351. The van der Waals surface area contributed by atoms with Gasteiger partial charge in [-0.05, 0) is 24.5 Å². The van der Waals surface area contributed by atoms with Crippen LogP contribution in [0.5, 0.6) is 0 Å². The summed E-state index contributed by atoms with van der Waals surface area (Å²) in [7, 11) is 0. The Balaban J connectivity index is 1.61. The number of nitro groups is 1. The second-order valence-corrected chi connectivity index (χ2v) is 8.16. The van der Waals surface area contributed by atoms with Crippen molar-refractivity contribution >= 4 is 29.6 Å². The third-order valence-corrected chi connectivity index (χ3v) is 6.04. The lowest BCUT2D eigenvalue weighted by Crippen LogP contribution is -2.19. The van der Waals surface area contributed by atoms with Gasteiger partial charge in [0.2, 0.25) is 5.91 Å². The van der Waals surface area contributed by atoms with E-state index in [0.29, 0.717) is 15.7 Å². The zero-order chi connectivity index (χ0) is 19.8. The van der Waals surface area contributed by atoms with Crippen LogP contribution in [-0.2, 0) is 11.2 Å². The van der Waals surface area contributed by atoms with E-state index in [-0.39, 0.29) is 22.9 Å². The lowest BCUT2D eigenvalue weighted by Gasteiger charge is -2.20. The van der Waals surface area contributed by atoms with Gasteiger partial charge in [0, 0.05) is 16.9 Å². The highest BCUT2D eigenvalue weighted by atomic mass is 32.2. The predicted molar refractivity (Wildman–Crippen MR) is 112 cm³/mol. The molecule has 0 bridgehead atoms. The molecule has 0 spiro atoms. The fraction of sp³-hybridized carbons (Fsp3) is 0.333. The molecule has 146 valence electrons. The molecule has 1 aliphatic rings. The molecule has 1 saturated carbocycles. The van der Waals surface area contributed by atoms with E-state index in [4.69, 9.17) is 0 Å². The molecule has 1 aliphatic carbocycles. The number of carbonyl (C=O) groups excluding carboxylic acids is 1. The summed E-state index contributed by atoms with van der Waals surface area (Å²) in [6, 6.07) is 14.5. The molecule has 0 radical (unpaired) electrons. The first-order valence-electron chi connectivity index (χ1n) is 9.43. The Hall–Kier alpha value is -2.67. The van der Waals surface area contributed by atoms with Crippen LogP contribution >= 0.6 is 11.8 Å². The van der Waals surface area contributed by atoms with Crippen LogP contribution in [0.25, 0.3) is 0 Å². The standard InChI is InChI=1S/C21H23N3O3S/c25-21(14-16-7-3-1-4-8-16)23-22-15-17-11-12-20(19(13-17)24(26)27)28-18-9-5-2-6-10-18/h1,3-4,7-8,11-13,15,18H,2,5-6,9-10,14H2,(H,23,25). The summed E-state index contributed by atoms with van der Waals surface area (Å²) in [5.41, 5.74) is 4.04. The first-order chi connectivity index (χ1) is 13.6. The molecule has 2 aromatic rings. The number of hydrazone groups is 1. The van der Waals surface area contributed by atoms with Gasteiger partial charge < -0.3 is 0 Å². The Morgan fingerprint density at radius 2 is 1.93 bits per heavy atom. The van der Waals surface area contributed by atoms with E-state index in [0.717, 1.165) is 18.4 Å². The van der Waals surface area contributed by atoms with Crippen molar-refractivity contribution in [3.8, 4) is 0 Å². The highest BCUT2D eigenvalue weighted by molar-refractivity contribution is 8.00. The number of hydrogen-bond acceptors (Lipinski definition) is 5. The molecule has 0 saturated heterocycles. The van der Waals surface area contributed by atoms with Crippen LogP contribution in [0.3, 0.4) is 0 Å². The Morgan fingerprint density at radius 3 is 2.64 bits per heavy atom. The lowest BCUT2D eigenvalue weighted by molar-refractivity contribution is -0.387. The van der Waals surface area contributed by atoms with Gasteiger partial charge in [-0.25, -0.2) is 5.43 Å². The van der Waals surface area contributed by atoms with Crippen LogP contribution in [0.1, 0.15) is 43.2 Å². The van der Waals surface area contributed by atoms with Crippen molar-refractivity contribution in [2.45, 2.75) is 48.7 Å². The quantitative estimate of drug-likeness (QED) is 0.416. The van der Waals surface area contributed by atoms with Gasteiger partial charge >= 0.3 is 0 Å². The Morgan fingerprint density at radius 1 is 1.18 bits per heavy atom. The minimum absolute atomic E-state index is 0.0927. The van der Waals surface area contributed by atoms with E-state index in [1.165, 1.54) is 31.5 Å². The number of hydrogen-bond donors (Lipinski definition) is 1. The molecule has 0 atom stereocenters. The summed E-state index contributed by atoms with van der Waals surface area (Å²) < 4.78 is 0. The maximum absolute atomic E-state index is 11.9. The van der Waals surface area contributed by atoms with Crippen molar-refractivity contribution in [2.24, 2.45) is 5.10 Å². The molecule has 6 nitrogen and oxygen atoms in total. The maximum Gasteiger partial charge on any atom is 0.283 e. The van der Waals surface area contributed by atoms with Crippen LogP contribution in [0.15, 0.2) is 58.5 Å². The second kappa shape index (κ2) is 10.0. The molecule has 0 aliphatic heterocycles. The lowest BCUT2D eigenvalue weighted by atomic mass is 10.0. The molecule has 0 heterocycles. The van der Waals surface area contributed by atoms with E-state index in [9.17, 15) is 14.9 Å². The highest BCUT2D eigenvalue weighted by Crippen LogP contribution is 2.38. The van der Waals surface area contributed by atoms with Crippen LogP contribution in [0, 0.1) is 10.1 Å². The van der Waals surface area contributed by atoms with Gasteiger partial charge in [-0.2, -0.15) is 5.10 Å². The first kappa shape index (κ1) is 20.1. The average Bonchev–Trinajstić information content (AvgIpc) is 2.70. The van der Waals surface area contributed by atoms with Crippen molar-refractivity contribution in [1.29, 1.82) is 0 Å². The smallest absolute Gasteiger partial charge is 0.273 e. The van der Waals surface area contributed by atoms with Gasteiger partial charge in [0.1, 0.15) is 0 Å². The van der Waals surface area contributed by atoms with Gasteiger partial charge in [0.05, 0.1) is 22.5 Å². The number of nitro benzene ring substituents is 1. The molecule has 3 rings (SSSR count). The van der Waals surface area contributed by atoms with E-state index >= 15 is 0 Å². The van der Waals surface area contributed by atoms with Gasteiger partial charge in [-0.1, -0.05) is 55.7 Å². The fourth-order valence-corrected chi connectivity index (χ4v) is 4.55. The van der Waals surface area contributed by atoms with Crippen LogP contribution in [0.4, 0.5) is 5.69 Å². The zero-order valence-corrected chi connectivity index (χ0v) is 16.4. The summed E-state index contributed by atoms with van der Waals surface area (Å²) >= 11 is 1.60. The number of nitrogens with zero attached hydrogens (tertiary/aromatic N) is 2. The number of benzene rings is 2. The zero-order valence-electron chi connectivity index (χ0n) is 15.5. The molecule has 7 heteroatoms. The third-order valence-electron chi connectivity index (χ3n) is 4.64. The minimum Gasteiger partial charge on any atom is -0.273 e. The van der Waals surface area contributed by atoms with Gasteiger partial charge in [0.25, 0.3) is 5.69 Å². The fourth-order valence-electron chi connectivity index (χ4n) is 3.22. The Kier molecular flexibility index (Phi) is 7.19. The normalized spacial score (nSPS) is 14.9. The first-order valence-corrected chi connectivity index (χ1v) is 10.3. The van der Waals surface area contributed by atoms with E-state index in [2.05, 4.69) is 10.5 Å². The monoisotopic (exact) mass is 397 g/mol. The van der Waals surface area contributed by atoms with Crippen molar-refractivity contribution in [3.05, 3.63) is 69.8 Å². The number of amides is 1. The molecule has 28 heavy (non-hydrogen) atoms. The Bertz CT molecular complexity index is 849. The molecule has 1 amide bonds. The van der Waals surface area contributed by atoms with Gasteiger partial charge in [0.15, 0.2) is 0 Å². The molecule has 1 fully saturated rings. The van der Waals surface area contributed by atoms with Crippen molar-refractivity contribution in [1.82, 2.24) is 5.43 Å². The summed E-state index contributed by atoms with van der Waals surface area (Å²) in [4.78, 5) is 23.7. The summed E-state index contributed by atoms with van der Waals surface area (Å²) in [5, 5.41) is 15.9. The molecular formula is C21H23N3O3S. The Labute approximate surface area is 168 Å². The molecule has 0 aromatic heterocycles. The maximum atomic E-state index is 11.9. The van der Waals surface area contributed by atoms with Crippen molar-refractivity contribution in [3.63, 3.8) is 0 Å². The number of carbonyl (C=O) groups is 1. The van der Waals surface area contributed by atoms with Gasteiger partial charge in [-0.3, -0.25) is 14.9 Å². The van der Waals surface area contributed by atoms with Crippen molar-refractivity contribution in [2.75, 3.05) is 0 Å². The van der Waals surface area contributed by atoms with E-state index in [1.54, 1.807) is 23.9 Å².